The Balaban J connectivity index is 0.00000400. The van der Waals surface area contributed by atoms with Crippen molar-refractivity contribution in [2.24, 2.45) is 5.73 Å². The normalized spacial score (nSPS) is 14.0. The second kappa shape index (κ2) is 13.2. The zero-order chi connectivity index (χ0) is 26.3. The number of aromatic nitrogens is 3. The van der Waals surface area contributed by atoms with Gasteiger partial charge in [-0.15, -0.1) is 10.2 Å². The van der Waals surface area contributed by atoms with Crippen LogP contribution < -0.4 is 11.1 Å². The fourth-order valence-corrected chi connectivity index (χ4v) is 3.99. The smallest absolute Gasteiger partial charge is 0.410 e. The van der Waals surface area contributed by atoms with Gasteiger partial charge >= 0.3 is 6.09 Å². The van der Waals surface area contributed by atoms with Crippen molar-refractivity contribution in [3.63, 3.8) is 0 Å². The first-order valence-electron chi connectivity index (χ1n) is 12.4. The van der Waals surface area contributed by atoms with E-state index in [1.807, 2.05) is 65.2 Å². The molecule has 10 heteroatoms. The summed E-state index contributed by atoms with van der Waals surface area (Å²) >= 11 is 0. The van der Waals surface area contributed by atoms with E-state index in [-0.39, 0.29) is 32.6 Å². The third-order valence-electron chi connectivity index (χ3n) is 6.12. The number of benzene rings is 2. The van der Waals surface area contributed by atoms with Crippen molar-refractivity contribution < 1.29 is 19.1 Å². The maximum absolute atomic E-state index is 12.8. The third kappa shape index (κ3) is 7.62. The standard InChI is InChI=1S/C27H34N6O4.CH4/c1-27(2,28)25(34)29-22(19-36-17-20-9-5-3-6-10-20)24-31-30-23-13-14-32(15-16-33(23)24)26(35)37-18-21-11-7-4-8-12-21;/h3-12,22H,13-19,28H2,1-2H3,(H,29,34);1H4/t22-;/m1./s1. The van der Waals surface area contributed by atoms with Gasteiger partial charge in [-0.2, -0.15) is 0 Å². The van der Waals surface area contributed by atoms with Crippen LogP contribution in [0.2, 0.25) is 0 Å². The van der Waals surface area contributed by atoms with Crippen molar-refractivity contribution in [2.75, 3.05) is 19.7 Å². The molecule has 38 heavy (non-hydrogen) atoms. The molecule has 0 bridgehead atoms. The molecule has 0 aliphatic carbocycles. The number of carbonyl (C=O) groups is 2. The number of nitrogens with zero attached hydrogens (tertiary/aromatic N) is 4. The van der Waals surface area contributed by atoms with Gasteiger partial charge in [-0.05, 0) is 25.0 Å². The van der Waals surface area contributed by atoms with Crippen LogP contribution >= 0.6 is 0 Å². The van der Waals surface area contributed by atoms with Gasteiger partial charge in [0, 0.05) is 26.1 Å². The summed E-state index contributed by atoms with van der Waals surface area (Å²) in [7, 11) is 0. The van der Waals surface area contributed by atoms with Gasteiger partial charge in [0.15, 0.2) is 5.82 Å². The lowest BCUT2D eigenvalue weighted by atomic mass is 10.1. The van der Waals surface area contributed by atoms with Crippen LogP contribution in [-0.4, -0.2) is 56.9 Å². The molecule has 2 amide bonds. The van der Waals surface area contributed by atoms with Crippen molar-refractivity contribution in [3.8, 4) is 0 Å². The van der Waals surface area contributed by atoms with Gasteiger partial charge in [-0.25, -0.2) is 4.79 Å². The maximum atomic E-state index is 12.8. The SMILES string of the molecule is C.CC(C)(N)C(=O)N[C@H](COCc1ccccc1)c1nnc2n1CCN(C(=O)OCc1ccccc1)CC2. The van der Waals surface area contributed by atoms with E-state index in [0.29, 0.717) is 38.5 Å². The molecule has 0 saturated carbocycles. The Morgan fingerprint density at radius 2 is 1.61 bits per heavy atom. The van der Waals surface area contributed by atoms with Crippen LogP contribution in [0.1, 0.15) is 50.1 Å². The van der Waals surface area contributed by atoms with Crippen molar-refractivity contribution in [2.45, 2.75) is 59.0 Å². The minimum absolute atomic E-state index is 0. The maximum Gasteiger partial charge on any atom is 0.410 e. The first-order chi connectivity index (χ1) is 17.8. The van der Waals surface area contributed by atoms with Gasteiger partial charge < -0.3 is 30.0 Å². The fraction of sp³-hybridized carbons (Fsp3) is 0.429. The van der Waals surface area contributed by atoms with Crippen molar-refractivity contribution >= 4 is 12.0 Å². The summed E-state index contributed by atoms with van der Waals surface area (Å²) in [6.07, 6.45) is 0.145. The molecule has 2 heterocycles. The number of nitrogens with two attached hydrogens (primary N) is 1. The topological polar surface area (TPSA) is 125 Å². The van der Waals surface area contributed by atoms with Gasteiger partial charge in [0.25, 0.3) is 0 Å². The number of ether oxygens (including phenoxy) is 2. The first-order valence-corrected chi connectivity index (χ1v) is 12.4. The Bertz CT molecular complexity index is 1180. The third-order valence-corrected chi connectivity index (χ3v) is 6.12. The highest BCUT2D eigenvalue weighted by Gasteiger charge is 2.30. The van der Waals surface area contributed by atoms with Crippen LogP contribution in [0.25, 0.3) is 0 Å². The first kappa shape index (κ1) is 28.8. The number of carbonyl (C=O) groups excluding carboxylic acids is 2. The molecule has 0 spiro atoms. The van der Waals surface area contributed by atoms with Crippen LogP contribution in [-0.2, 0) is 40.4 Å². The molecular weight excluding hydrogens is 484 g/mol. The van der Waals surface area contributed by atoms with Gasteiger partial charge in [-0.1, -0.05) is 68.1 Å². The summed E-state index contributed by atoms with van der Waals surface area (Å²) in [4.78, 5) is 27.1. The quantitative estimate of drug-likeness (QED) is 0.442. The van der Waals surface area contributed by atoms with Crippen molar-refractivity contribution in [1.82, 2.24) is 25.0 Å². The van der Waals surface area contributed by atoms with E-state index in [0.717, 1.165) is 17.0 Å². The molecule has 0 unspecified atom stereocenters. The van der Waals surface area contributed by atoms with E-state index in [2.05, 4.69) is 15.5 Å². The molecule has 1 aromatic heterocycles. The molecule has 1 aliphatic rings. The van der Waals surface area contributed by atoms with Gasteiger partial charge in [0.05, 0.1) is 18.8 Å². The zero-order valence-electron chi connectivity index (χ0n) is 21.3. The second-order valence-corrected chi connectivity index (χ2v) is 9.65. The van der Waals surface area contributed by atoms with Crippen molar-refractivity contribution in [1.29, 1.82) is 0 Å². The molecule has 1 aliphatic heterocycles. The van der Waals surface area contributed by atoms with E-state index in [9.17, 15) is 9.59 Å². The van der Waals surface area contributed by atoms with E-state index < -0.39 is 11.6 Å². The molecule has 1 atom stereocenters. The van der Waals surface area contributed by atoms with Crippen LogP contribution in [0.4, 0.5) is 4.79 Å². The fourth-order valence-electron chi connectivity index (χ4n) is 3.99. The Labute approximate surface area is 224 Å². The van der Waals surface area contributed by atoms with Gasteiger partial charge in [0.1, 0.15) is 18.5 Å². The largest absolute Gasteiger partial charge is 0.445 e. The lowest BCUT2D eigenvalue weighted by Gasteiger charge is -2.24. The average molecular weight is 523 g/mol. The molecule has 204 valence electrons. The van der Waals surface area contributed by atoms with E-state index in [1.54, 1.807) is 18.7 Å². The Morgan fingerprint density at radius 1 is 0.974 bits per heavy atom. The summed E-state index contributed by atoms with van der Waals surface area (Å²) < 4.78 is 13.4. The van der Waals surface area contributed by atoms with E-state index in [4.69, 9.17) is 15.2 Å². The summed E-state index contributed by atoms with van der Waals surface area (Å²) in [5, 5.41) is 11.7. The highest BCUT2D eigenvalue weighted by atomic mass is 16.6. The van der Waals surface area contributed by atoms with Crippen molar-refractivity contribution in [3.05, 3.63) is 83.4 Å². The molecule has 0 radical (unpaired) electrons. The van der Waals surface area contributed by atoms with Crippen LogP contribution in [0.15, 0.2) is 60.7 Å². The molecule has 2 aromatic carbocycles. The molecular formula is C28H38N6O4. The number of hydrogen-bond acceptors (Lipinski definition) is 7. The van der Waals surface area contributed by atoms with Gasteiger partial charge in [0.2, 0.25) is 5.91 Å². The Morgan fingerprint density at radius 3 is 2.24 bits per heavy atom. The number of amides is 2. The number of hydrogen-bond donors (Lipinski definition) is 2. The minimum atomic E-state index is -1.07. The number of fused-ring (bicyclic) bond motifs is 1. The lowest BCUT2D eigenvalue weighted by molar-refractivity contribution is -0.126. The summed E-state index contributed by atoms with van der Waals surface area (Å²) in [5.74, 6) is 0.987. The predicted molar refractivity (Wildman–Crippen MR) is 144 cm³/mol. The highest BCUT2D eigenvalue weighted by molar-refractivity contribution is 5.85. The number of nitrogens with one attached hydrogen (secondary N) is 1. The average Bonchev–Trinajstić information content (AvgIpc) is 3.17. The second-order valence-electron chi connectivity index (χ2n) is 9.65. The zero-order valence-corrected chi connectivity index (χ0v) is 21.3. The highest BCUT2D eigenvalue weighted by Crippen LogP contribution is 2.19. The summed E-state index contributed by atoms with van der Waals surface area (Å²) in [6, 6.07) is 18.8. The molecule has 0 fully saturated rings. The van der Waals surface area contributed by atoms with E-state index in [1.165, 1.54) is 0 Å². The van der Waals surface area contributed by atoms with Crippen LogP contribution in [0.3, 0.4) is 0 Å². The molecule has 3 aromatic rings. The molecule has 10 nitrogen and oxygen atoms in total. The van der Waals surface area contributed by atoms with Crippen LogP contribution in [0, 0.1) is 0 Å². The molecule has 0 saturated heterocycles. The number of rotatable bonds is 9. The minimum Gasteiger partial charge on any atom is -0.445 e. The Hall–Kier alpha value is -3.76. The summed E-state index contributed by atoms with van der Waals surface area (Å²) in [5.41, 5.74) is 6.92. The molecule has 3 N–H and O–H groups in total. The molecule has 4 rings (SSSR count). The summed E-state index contributed by atoms with van der Waals surface area (Å²) in [6.45, 7) is 5.45. The Kier molecular flexibility index (Phi) is 9.98. The monoisotopic (exact) mass is 522 g/mol. The van der Waals surface area contributed by atoms with Gasteiger partial charge in [-0.3, -0.25) is 4.79 Å². The van der Waals surface area contributed by atoms with Crippen LogP contribution in [0.5, 0.6) is 0 Å². The predicted octanol–water partition coefficient (Wildman–Crippen LogP) is 3.22. The van der Waals surface area contributed by atoms with E-state index >= 15 is 0 Å². The lowest BCUT2D eigenvalue weighted by Crippen LogP contribution is -2.51.